The van der Waals surface area contributed by atoms with Crippen LogP contribution in [0.15, 0.2) is 28.2 Å². The number of hydrogen-bond donors (Lipinski definition) is 2. The van der Waals surface area contributed by atoms with E-state index in [9.17, 15) is 0 Å². The number of nitrogens with two attached hydrogens (primary N) is 2. The molecule has 1 aromatic rings. The van der Waals surface area contributed by atoms with Gasteiger partial charge in [-0.3, -0.25) is 0 Å². The van der Waals surface area contributed by atoms with E-state index in [4.69, 9.17) is 11.5 Å². The van der Waals surface area contributed by atoms with Crippen molar-refractivity contribution in [2.75, 3.05) is 13.1 Å². The van der Waals surface area contributed by atoms with E-state index in [1.54, 1.807) is 0 Å². The van der Waals surface area contributed by atoms with Crippen molar-refractivity contribution in [3.8, 4) is 0 Å². The fourth-order valence-electron chi connectivity index (χ4n) is 1.86. The van der Waals surface area contributed by atoms with Gasteiger partial charge in [0, 0.05) is 13.1 Å². The third-order valence-electron chi connectivity index (χ3n) is 2.98. The fourth-order valence-corrected chi connectivity index (χ4v) is 1.86. The zero-order valence-electron chi connectivity index (χ0n) is 12.1. The SMILES string of the molecule is CCN(CC)/C(N)=N\C(N)=Nc1c(C)cccc1C. The normalized spacial score (nSPS) is 12.6. The van der Waals surface area contributed by atoms with Crippen LogP contribution >= 0.6 is 0 Å². The smallest absolute Gasteiger partial charge is 0.223 e. The van der Waals surface area contributed by atoms with Crippen LogP contribution in [0.1, 0.15) is 25.0 Å². The first-order valence-corrected chi connectivity index (χ1v) is 6.49. The molecule has 0 saturated carbocycles. The summed E-state index contributed by atoms with van der Waals surface area (Å²) in [6, 6.07) is 5.99. The topological polar surface area (TPSA) is 80.0 Å². The summed E-state index contributed by atoms with van der Waals surface area (Å²) in [4.78, 5) is 10.4. The Morgan fingerprint density at radius 2 is 1.63 bits per heavy atom. The summed E-state index contributed by atoms with van der Waals surface area (Å²) in [5.74, 6) is 0.583. The lowest BCUT2D eigenvalue weighted by Crippen LogP contribution is -2.38. The van der Waals surface area contributed by atoms with E-state index >= 15 is 0 Å². The minimum absolute atomic E-state index is 0.182. The quantitative estimate of drug-likeness (QED) is 0.644. The van der Waals surface area contributed by atoms with E-state index in [0.717, 1.165) is 29.9 Å². The second kappa shape index (κ2) is 6.78. The van der Waals surface area contributed by atoms with Gasteiger partial charge in [0.1, 0.15) is 0 Å². The van der Waals surface area contributed by atoms with Crippen molar-refractivity contribution in [2.24, 2.45) is 21.5 Å². The number of aryl methyl sites for hydroxylation is 2. The lowest BCUT2D eigenvalue weighted by molar-refractivity contribution is 0.461. The molecule has 19 heavy (non-hydrogen) atoms. The van der Waals surface area contributed by atoms with Crippen LogP contribution in [0.4, 0.5) is 5.69 Å². The van der Waals surface area contributed by atoms with Crippen LogP contribution in [0, 0.1) is 13.8 Å². The van der Waals surface area contributed by atoms with Crippen molar-refractivity contribution < 1.29 is 0 Å². The maximum atomic E-state index is 5.88. The highest BCUT2D eigenvalue weighted by molar-refractivity contribution is 5.94. The molecule has 0 aliphatic carbocycles. The second-order valence-corrected chi connectivity index (χ2v) is 4.35. The second-order valence-electron chi connectivity index (χ2n) is 4.35. The zero-order valence-corrected chi connectivity index (χ0v) is 12.1. The summed E-state index contributed by atoms with van der Waals surface area (Å²) in [6.45, 7) is 9.62. The summed E-state index contributed by atoms with van der Waals surface area (Å²) >= 11 is 0. The molecule has 4 N–H and O–H groups in total. The molecule has 1 aromatic carbocycles. The monoisotopic (exact) mass is 261 g/mol. The zero-order chi connectivity index (χ0) is 14.4. The highest BCUT2D eigenvalue weighted by atomic mass is 15.3. The lowest BCUT2D eigenvalue weighted by Gasteiger charge is -2.18. The summed E-state index contributed by atoms with van der Waals surface area (Å²) in [7, 11) is 0. The van der Waals surface area contributed by atoms with Crippen molar-refractivity contribution in [1.29, 1.82) is 0 Å². The summed E-state index contributed by atoms with van der Waals surface area (Å²) in [5, 5.41) is 0. The molecule has 5 nitrogen and oxygen atoms in total. The van der Waals surface area contributed by atoms with Gasteiger partial charge in [0.15, 0.2) is 5.96 Å². The number of para-hydroxylation sites is 1. The molecular weight excluding hydrogens is 238 g/mol. The molecular formula is C14H23N5. The van der Waals surface area contributed by atoms with Gasteiger partial charge in [-0.25, -0.2) is 4.99 Å². The number of rotatable bonds is 3. The third-order valence-corrected chi connectivity index (χ3v) is 2.98. The Morgan fingerprint density at radius 3 is 2.11 bits per heavy atom. The molecule has 0 saturated heterocycles. The van der Waals surface area contributed by atoms with E-state index in [1.165, 1.54) is 0 Å². The van der Waals surface area contributed by atoms with Gasteiger partial charge in [0.2, 0.25) is 5.96 Å². The Kier molecular flexibility index (Phi) is 5.36. The van der Waals surface area contributed by atoms with Crippen molar-refractivity contribution in [3.63, 3.8) is 0 Å². The molecule has 0 aliphatic rings. The Labute approximate surface area is 115 Å². The molecule has 0 bridgehead atoms. The van der Waals surface area contributed by atoms with E-state index < -0.39 is 0 Å². The standard InChI is InChI=1S/C14H23N5/c1-5-19(6-2)14(16)18-13(15)17-12-10(3)8-7-9-11(12)4/h7-9H,5-6H2,1-4H3,(H4,15,16,17,18). The Bertz CT molecular complexity index is 466. The highest BCUT2D eigenvalue weighted by Gasteiger charge is 2.04. The van der Waals surface area contributed by atoms with Crippen LogP contribution in [0.2, 0.25) is 0 Å². The van der Waals surface area contributed by atoms with Gasteiger partial charge in [0.25, 0.3) is 0 Å². The first kappa shape index (κ1) is 15.0. The average Bonchev–Trinajstić information content (AvgIpc) is 2.35. The molecule has 0 aliphatic heterocycles. The minimum atomic E-state index is 0.182. The van der Waals surface area contributed by atoms with E-state index in [0.29, 0.717) is 5.96 Å². The number of benzene rings is 1. The molecule has 0 radical (unpaired) electrons. The van der Waals surface area contributed by atoms with Crippen molar-refractivity contribution in [1.82, 2.24) is 4.90 Å². The molecule has 0 heterocycles. The van der Waals surface area contributed by atoms with Gasteiger partial charge in [-0.05, 0) is 38.8 Å². The van der Waals surface area contributed by atoms with Crippen LogP contribution < -0.4 is 11.5 Å². The third kappa shape index (κ3) is 3.98. The van der Waals surface area contributed by atoms with E-state index in [2.05, 4.69) is 9.98 Å². The number of hydrogen-bond acceptors (Lipinski definition) is 1. The number of aliphatic imine (C=N–C) groups is 2. The van der Waals surface area contributed by atoms with Gasteiger partial charge in [0.05, 0.1) is 5.69 Å². The summed E-state index contributed by atoms with van der Waals surface area (Å²) in [6.07, 6.45) is 0. The van der Waals surface area contributed by atoms with Crippen LogP contribution in [0.25, 0.3) is 0 Å². The molecule has 0 amide bonds. The molecule has 5 heteroatoms. The van der Waals surface area contributed by atoms with Crippen molar-refractivity contribution in [2.45, 2.75) is 27.7 Å². The van der Waals surface area contributed by atoms with E-state index in [-0.39, 0.29) is 5.96 Å². The fraction of sp³-hybridized carbons (Fsp3) is 0.429. The molecule has 0 atom stereocenters. The van der Waals surface area contributed by atoms with Crippen LogP contribution in [0.3, 0.4) is 0 Å². The maximum Gasteiger partial charge on any atom is 0.223 e. The molecule has 0 fully saturated rings. The van der Waals surface area contributed by atoms with Gasteiger partial charge in [-0.15, -0.1) is 0 Å². The lowest BCUT2D eigenvalue weighted by atomic mass is 10.1. The van der Waals surface area contributed by atoms with Gasteiger partial charge in [-0.1, -0.05) is 18.2 Å². The predicted octanol–water partition coefficient (Wildman–Crippen LogP) is 1.91. The largest absolute Gasteiger partial charge is 0.369 e. The van der Waals surface area contributed by atoms with E-state index in [1.807, 2.05) is 50.8 Å². The molecule has 0 aromatic heterocycles. The van der Waals surface area contributed by atoms with Crippen LogP contribution in [-0.4, -0.2) is 29.9 Å². The first-order valence-electron chi connectivity index (χ1n) is 6.49. The number of nitrogens with zero attached hydrogens (tertiary/aromatic N) is 3. The molecule has 0 unspecified atom stereocenters. The van der Waals surface area contributed by atoms with Gasteiger partial charge >= 0.3 is 0 Å². The maximum absolute atomic E-state index is 5.88. The molecule has 0 spiro atoms. The minimum Gasteiger partial charge on any atom is -0.369 e. The Hall–Kier alpha value is -2.04. The molecule has 104 valence electrons. The Morgan fingerprint density at radius 1 is 1.11 bits per heavy atom. The van der Waals surface area contributed by atoms with Crippen LogP contribution in [0.5, 0.6) is 0 Å². The summed E-state index contributed by atoms with van der Waals surface area (Å²) < 4.78 is 0. The summed E-state index contributed by atoms with van der Waals surface area (Å²) in [5.41, 5.74) is 14.7. The predicted molar refractivity (Wildman–Crippen MR) is 81.7 cm³/mol. The van der Waals surface area contributed by atoms with Crippen LogP contribution in [-0.2, 0) is 0 Å². The van der Waals surface area contributed by atoms with Crippen molar-refractivity contribution in [3.05, 3.63) is 29.3 Å². The van der Waals surface area contributed by atoms with Crippen molar-refractivity contribution >= 4 is 17.6 Å². The highest BCUT2D eigenvalue weighted by Crippen LogP contribution is 2.22. The number of guanidine groups is 2. The first-order chi connectivity index (χ1) is 8.99. The Balaban J connectivity index is 3.03. The molecule has 1 rings (SSSR count). The van der Waals surface area contributed by atoms with Gasteiger partial charge < -0.3 is 16.4 Å². The average molecular weight is 261 g/mol. The van der Waals surface area contributed by atoms with Gasteiger partial charge in [-0.2, -0.15) is 4.99 Å².